The van der Waals surface area contributed by atoms with Crippen LogP contribution in [0.3, 0.4) is 0 Å². The maximum atomic E-state index is 13.2. The Balaban J connectivity index is 1.13. The van der Waals surface area contributed by atoms with Crippen molar-refractivity contribution in [2.75, 3.05) is 19.8 Å². The summed E-state index contributed by atoms with van der Waals surface area (Å²) >= 11 is 0. The number of carbonyl (C=O) groups excluding carboxylic acids is 1. The van der Waals surface area contributed by atoms with Gasteiger partial charge in [-0.1, -0.05) is 48.5 Å². The van der Waals surface area contributed by atoms with Crippen LogP contribution in [0.1, 0.15) is 60.9 Å². The monoisotopic (exact) mass is 583 g/mol. The van der Waals surface area contributed by atoms with Gasteiger partial charge in [-0.15, -0.1) is 0 Å². The third-order valence-electron chi connectivity index (χ3n) is 7.92. The van der Waals surface area contributed by atoms with Gasteiger partial charge in [-0.3, -0.25) is 9.59 Å². The van der Waals surface area contributed by atoms with Crippen molar-refractivity contribution >= 4 is 16.8 Å². The molecule has 6 rings (SSSR count). The fourth-order valence-electron chi connectivity index (χ4n) is 5.53. The topological polar surface area (TPSA) is 112 Å². The molecule has 9 nitrogen and oxygen atoms in total. The molecule has 2 aliphatic rings. The third-order valence-corrected chi connectivity index (χ3v) is 7.92. The van der Waals surface area contributed by atoms with Crippen molar-refractivity contribution in [2.45, 2.75) is 63.9 Å². The average Bonchev–Trinajstić information content (AvgIpc) is 3.06. The number of ether oxygens (including phenoxy) is 3. The van der Waals surface area contributed by atoms with E-state index in [1.807, 2.05) is 24.3 Å². The number of aryl methyl sites for hydroxylation is 1. The first-order valence-electron chi connectivity index (χ1n) is 15.2. The van der Waals surface area contributed by atoms with Crippen LogP contribution >= 0.6 is 0 Å². The second-order valence-corrected chi connectivity index (χ2v) is 11.0. The van der Waals surface area contributed by atoms with Gasteiger partial charge < -0.3 is 19.2 Å². The standard InChI is InChI=1S/C34H37N3O6/c38-33(37-43-31-8-2-4-20-42-31)27-22-29(36-28-17-18-35-34(39)32(27)28)26-15-13-25(14-16-26)24-11-9-23(10-12-24)6-5-21-41-30-7-1-3-19-40-30/h9-18,22,30-31H,1-8,19-21H2,(H,35,39)(H,37,38). The fourth-order valence-corrected chi connectivity index (χ4v) is 5.53. The number of hydroxylamine groups is 1. The lowest BCUT2D eigenvalue weighted by atomic mass is 9.99. The van der Waals surface area contributed by atoms with Crippen LogP contribution in [0.5, 0.6) is 0 Å². The Morgan fingerprint density at radius 3 is 2.26 bits per heavy atom. The van der Waals surface area contributed by atoms with Crippen molar-refractivity contribution in [2.24, 2.45) is 0 Å². The SMILES string of the molecule is O=C(NOC1CCCCO1)c1cc(-c2ccc(-c3ccc(CCCOC4CCCCO4)cc3)cc2)nc2cc[nH]c(=O)c12. The highest BCUT2D eigenvalue weighted by Crippen LogP contribution is 2.27. The molecule has 4 heterocycles. The quantitative estimate of drug-likeness (QED) is 0.176. The maximum Gasteiger partial charge on any atom is 0.275 e. The van der Waals surface area contributed by atoms with Gasteiger partial charge >= 0.3 is 0 Å². The minimum atomic E-state index is -0.523. The van der Waals surface area contributed by atoms with Crippen LogP contribution < -0.4 is 11.0 Å². The molecule has 224 valence electrons. The van der Waals surface area contributed by atoms with Crippen LogP contribution in [0.25, 0.3) is 33.3 Å². The molecule has 0 radical (unpaired) electrons. The van der Waals surface area contributed by atoms with E-state index in [9.17, 15) is 9.59 Å². The molecule has 0 aliphatic carbocycles. The van der Waals surface area contributed by atoms with Crippen molar-refractivity contribution in [3.8, 4) is 22.4 Å². The second kappa shape index (κ2) is 14.1. The van der Waals surface area contributed by atoms with E-state index in [4.69, 9.17) is 24.0 Å². The summed E-state index contributed by atoms with van der Waals surface area (Å²) in [4.78, 5) is 38.7. The summed E-state index contributed by atoms with van der Waals surface area (Å²) in [5.74, 6) is -0.523. The zero-order chi connectivity index (χ0) is 29.4. The van der Waals surface area contributed by atoms with Gasteiger partial charge in [0.25, 0.3) is 11.5 Å². The second-order valence-electron chi connectivity index (χ2n) is 11.0. The van der Waals surface area contributed by atoms with E-state index >= 15 is 0 Å². The van der Waals surface area contributed by atoms with Crippen LogP contribution in [-0.4, -0.2) is 48.3 Å². The predicted octanol–water partition coefficient (Wildman–Crippen LogP) is 5.92. The summed E-state index contributed by atoms with van der Waals surface area (Å²) in [6, 6.07) is 19.9. The number of carbonyl (C=O) groups is 1. The van der Waals surface area contributed by atoms with Crippen LogP contribution in [0, 0.1) is 0 Å². The molecule has 2 aromatic carbocycles. The first-order chi connectivity index (χ1) is 21.1. The Kier molecular flexibility index (Phi) is 9.54. The molecular weight excluding hydrogens is 546 g/mol. The van der Waals surface area contributed by atoms with Gasteiger partial charge in [-0.25, -0.2) is 15.3 Å². The average molecular weight is 584 g/mol. The highest BCUT2D eigenvalue weighted by atomic mass is 16.8. The fraction of sp³-hybridized carbons (Fsp3) is 0.382. The minimum absolute atomic E-state index is 0.0364. The van der Waals surface area contributed by atoms with Gasteiger partial charge in [-0.2, -0.15) is 0 Å². The molecular formula is C34H37N3O6. The van der Waals surface area contributed by atoms with Crippen molar-refractivity contribution in [3.63, 3.8) is 0 Å². The molecule has 2 N–H and O–H groups in total. The van der Waals surface area contributed by atoms with Gasteiger partial charge in [0.2, 0.25) is 0 Å². The smallest absolute Gasteiger partial charge is 0.275 e. The number of H-pyrrole nitrogens is 1. The van der Waals surface area contributed by atoms with E-state index in [2.05, 4.69) is 34.7 Å². The summed E-state index contributed by atoms with van der Waals surface area (Å²) in [6.07, 6.45) is 8.84. The molecule has 0 bridgehead atoms. The number of pyridine rings is 2. The number of amides is 1. The Hall–Kier alpha value is -3.89. The van der Waals surface area contributed by atoms with Crippen molar-refractivity contribution < 1.29 is 23.8 Å². The molecule has 4 aromatic rings. The summed E-state index contributed by atoms with van der Waals surface area (Å²) < 4.78 is 17.0. The molecule has 43 heavy (non-hydrogen) atoms. The van der Waals surface area contributed by atoms with Crippen molar-refractivity contribution in [3.05, 3.63) is 88.3 Å². The Bertz CT molecular complexity index is 1570. The van der Waals surface area contributed by atoms with Gasteiger partial charge in [0.05, 0.1) is 28.8 Å². The van der Waals surface area contributed by atoms with Crippen LogP contribution in [0.2, 0.25) is 0 Å². The van der Waals surface area contributed by atoms with Crippen LogP contribution in [0.4, 0.5) is 0 Å². The third kappa shape index (κ3) is 7.37. The maximum absolute atomic E-state index is 13.2. The highest BCUT2D eigenvalue weighted by Gasteiger charge is 2.20. The number of benzene rings is 2. The molecule has 1 amide bonds. The normalized spacial score (nSPS) is 18.9. The number of fused-ring (bicyclic) bond motifs is 1. The van der Waals surface area contributed by atoms with Gasteiger partial charge in [0.15, 0.2) is 12.6 Å². The number of hydrogen-bond donors (Lipinski definition) is 2. The van der Waals surface area contributed by atoms with E-state index in [1.165, 1.54) is 18.2 Å². The van der Waals surface area contributed by atoms with E-state index in [1.54, 1.807) is 12.1 Å². The molecule has 0 spiro atoms. The summed E-state index contributed by atoms with van der Waals surface area (Å²) in [5, 5.41) is 0.211. The number of nitrogens with zero attached hydrogens (tertiary/aromatic N) is 1. The lowest BCUT2D eigenvalue weighted by molar-refractivity contribution is -0.186. The summed E-state index contributed by atoms with van der Waals surface area (Å²) in [7, 11) is 0. The molecule has 2 fully saturated rings. The number of nitrogens with one attached hydrogen (secondary N) is 2. The molecule has 2 unspecified atom stereocenters. The first kappa shape index (κ1) is 29.2. The van der Waals surface area contributed by atoms with Gasteiger partial charge in [-0.05, 0) is 73.8 Å². The predicted molar refractivity (Wildman–Crippen MR) is 163 cm³/mol. The highest BCUT2D eigenvalue weighted by molar-refractivity contribution is 6.06. The van der Waals surface area contributed by atoms with Crippen molar-refractivity contribution in [1.82, 2.24) is 15.4 Å². The van der Waals surface area contributed by atoms with Crippen molar-refractivity contribution in [1.29, 1.82) is 0 Å². The van der Waals surface area contributed by atoms with Crippen LogP contribution in [-0.2, 0) is 25.5 Å². The molecule has 2 atom stereocenters. The molecule has 0 saturated carbocycles. The minimum Gasteiger partial charge on any atom is -0.353 e. The first-order valence-corrected chi connectivity index (χ1v) is 15.2. The molecule has 2 aliphatic heterocycles. The lowest BCUT2D eigenvalue weighted by Gasteiger charge is -2.22. The molecule has 2 saturated heterocycles. The molecule has 2 aromatic heterocycles. The van der Waals surface area contributed by atoms with E-state index < -0.39 is 12.2 Å². The van der Waals surface area contributed by atoms with E-state index in [-0.39, 0.29) is 22.8 Å². The number of hydrogen-bond acceptors (Lipinski definition) is 7. The van der Waals surface area contributed by atoms with Gasteiger partial charge in [0.1, 0.15) is 0 Å². The number of rotatable bonds is 10. The van der Waals surface area contributed by atoms with Gasteiger partial charge in [0, 0.05) is 31.4 Å². The van der Waals surface area contributed by atoms with E-state index in [0.717, 1.165) is 61.8 Å². The number of aromatic nitrogens is 2. The zero-order valence-corrected chi connectivity index (χ0v) is 24.2. The zero-order valence-electron chi connectivity index (χ0n) is 24.2. The summed E-state index contributed by atoms with van der Waals surface area (Å²) in [5.41, 5.74) is 7.57. The Labute approximate surface area is 250 Å². The lowest BCUT2D eigenvalue weighted by Crippen LogP contribution is -2.33. The van der Waals surface area contributed by atoms with Crippen LogP contribution in [0.15, 0.2) is 71.7 Å². The number of aromatic amines is 1. The largest absolute Gasteiger partial charge is 0.353 e. The Morgan fingerprint density at radius 2 is 1.56 bits per heavy atom. The summed E-state index contributed by atoms with van der Waals surface area (Å²) in [6.45, 7) is 2.10. The Morgan fingerprint density at radius 1 is 0.884 bits per heavy atom. The molecule has 9 heteroatoms. The van der Waals surface area contributed by atoms with E-state index in [0.29, 0.717) is 30.8 Å².